The van der Waals surface area contributed by atoms with Crippen LogP contribution in [-0.2, 0) is 6.54 Å². The zero-order valence-electron chi connectivity index (χ0n) is 19.1. The van der Waals surface area contributed by atoms with Crippen LogP contribution in [0.2, 0.25) is 5.02 Å². The molecule has 2 aromatic heterocycles. The molecular weight excluding hydrogens is 483 g/mol. The molecule has 10 heteroatoms. The number of amides is 2. The fourth-order valence-electron chi connectivity index (χ4n) is 3.56. The Kier molecular flexibility index (Phi) is 6.46. The Morgan fingerprint density at radius 2 is 1.83 bits per heavy atom. The Labute approximate surface area is 210 Å². The molecular formula is C26H20ClFN6O2. The van der Waals surface area contributed by atoms with E-state index in [-0.39, 0.29) is 5.02 Å². The first-order valence-corrected chi connectivity index (χ1v) is 11.4. The number of nitrogens with one attached hydrogen (secondary N) is 2. The number of carbonyl (C=O) groups excluding carboxylic acids is 1. The predicted molar refractivity (Wildman–Crippen MR) is 135 cm³/mol. The van der Waals surface area contributed by atoms with E-state index in [4.69, 9.17) is 16.1 Å². The summed E-state index contributed by atoms with van der Waals surface area (Å²) in [6.45, 7) is 2.57. The number of nitrogens with zero attached hydrogens (tertiary/aromatic N) is 4. The number of hydrogen-bond donors (Lipinski definition) is 2. The van der Waals surface area contributed by atoms with Gasteiger partial charge >= 0.3 is 6.03 Å². The minimum absolute atomic E-state index is 0.0642. The molecule has 0 saturated carbocycles. The summed E-state index contributed by atoms with van der Waals surface area (Å²) < 4.78 is 20.6. The molecule has 5 rings (SSSR count). The lowest BCUT2D eigenvalue weighted by molar-refractivity contribution is 0.262. The van der Waals surface area contributed by atoms with Gasteiger partial charge in [0, 0.05) is 29.7 Å². The maximum absolute atomic E-state index is 13.3. The van der Waals surface area contributed by atoms with Gasteiger partial charge in [-0.1, -0.05) is 52.7 Å². The van der Waals surface area contributed by atoms with Crippen LogP contribution in [0.1, 0.15) is 11.1 Å². The van der Waals surface area contributed by atoms with E-state index in [0.29, 0.717) is 35.3 Å². The summed E-state index contributed by atoms with van der Waals surface area (Å²) in [5.41, 5.74) is 4.57. The highest BCUT2D eigenvalue weighted by Gasteiger charge is 2.13. The fourth-order valence-corrected chi connectivity index (χ4v) is 3.74. The number of aryl methyl sites for hydroxylation is 1. The third-order valence-corrected chi connectivity index (χ3v) is 5.60. The molecule has 0 saturated heterocycles. The third-order valence-electron chi connectivity index (χ3n) is 5.31. The Morgan fingerprint density at radius 3 is 2.61 bits per heavy atom. The van der Waals surface area contributed by atoms with Gasteiger partial charge in [0.25, 0.3) is 5.89 Å². The average molecular weight is 503 g/mol. The van der Waals surface area contributed by atoms with Gasteiger partial charge in [0.2, 0.25) is 5.82 Å². The molecule has 36 heavy (non-hydrogen) atoms. The maximum Gasteiger partial charge on any atom is 0.323 e. The molecule has 3 aromatic carbocycles. The van der Waals surface area contributed by atoms with E-state index in [1.807, 2.05) is 54.1 Å². The minimum Gasteiger partial charge on any atom is -0.332 e. The van der Waals surface area contributed by atoms with Gasteiger partial charge in [0.05, 0.1) is 11.3 Å². The maximum atomic E-state index is 13.3. The molecule has 5 aromatic rings. The summed E-state index contributed by atoms with van der Waals surface area (Å²) in [4.78, 5) is 21.1. The summed E-state index contributed by atoms with van der Waals surface area (Å²) >= 11 is 5.74. The van der Waals surface area contributed by atoms with Gasteiger partial charge in [-0.2, -0.15) is 4.98 Å². The second-order valence-corrected chi connectivity index (χ2v) is 8.54. The summed E-state index contributed by atoms with van der Waals surface area (Å²) in [7, 11) is 0. The molecule has 0 bridgehead atoms. The number of imidazole rings is 1. The molecule has 0 aliphatic rings. The van der Waals surface area contributed by atoms with Gasteiger partial charge in [-0.15, -0.1) is 0 Å². The van der Waals surface area contributed by atoms with E-state index in [9.17, 15) is 9.18 Å². The van der Waals surface area contributed by atoms with E-state index in [1.165, 1.54) is 18.2 Å². The quantitative estimate of drug-likeness (QED) is 0.280. The molecule has 0 atom stereocenters. The van der Waals surface area contributed by atoms with Crippen LogP contribution in [0.4, 0.5) is 20.6 Å². The lowest BCUT2D eigenvalue weighted by atomic mass is 10.1. The molecule has 0 radical (unpaired) electrons. The SMILES string of the molecule is Cc1cccc(-c2noc(-c3cn(Cc4ccc(NC(=O)Nc5ccc(F)c(Cl)c5)cc4)cn3)n2)c1. The van der Waals surface area contributed by atoms with Gasteiger partial charge in [0.15, 0.2) is 0 Å². The number of urea groups is 1. The summed E-state index contributed by atoms with van der Waals surface area (Å²) in [5.74, 6) is 0.309. The Morgan fingerprint density at radius 1 is 1.06 bits per heavy atom. The molecule has 2 amide bonds. The smallest absolute Gasteiger partial charge is 0.323 e. The highest BCUT2D eigenvalue weighted by Crippen LogP contribution is 2.22. The number of halogens is 2. The molecule has 0 fully saturated rings. The van der Waals surface area contributed by atoms with Crippen LogP contribution < -0.4 is 10.6 Å². The lowest BCUT2D eigenvalue weighted by Crippen LogP contribution is -2.19. The second kappa shape index (κ2) is 10.0. The van der Waals surface area contributed by atoms with Crippen molar-refractivity contribution in [3.63, 3.8) is 0 Å². The van der Waals surface area contributed by atoms with Gasteiger partial charge in [-0.25, -0.2) is 14.2 Å². The average Bonchev–Trinajstić information content (AvgIpc) is 3.53. The first kappa shape index (κ1) is 23.3. The van der Waals surface area contributed by atoms with Crippen LogP contribution in [0.15, 0.2) is 83.8 Å². The first-order chi connectivity index (χ1) is 17.4. The molecule has 2 heterocycles. The zero-order chi connectivity index (χ0) is 25.1. The van der Waals surface area contributed by atoms with Crippen molar-refractivity contribution in [3.8, 4) is 23.0 Å². The van der Waals surface area contributed by atoms with E-state index >= 15 is 0 Å². The summed E-state index contributed by atoms with van der Waals surface area (Å²) in [5, 5.41) is 9.34. The highest BCUT2D eigenvalue weighted by atomic mass is 35.5. The Bertz CT molecular complexity index is 1530. The van der Waals surface area contributed by atoms with Crippen molar-refractivity contribution in [2.45, 2.75) is 13.5 Å². The first-order valence-electron chi connectivity index (χ1n) is 11.0. The monoisotopic (exact) mass is 502 g/mol. The van der Waals surface area contributed by atoms with E-state index < -0.39 is 11.8 Å². The molecule has 180 valence electrons. The number of carbonyl (C=O) groups is 1. The Balaban J connectivity index is 1.19. The Hall–Kier alpha value is -4.50. The van der Waals surface area contributed by atoms with Gasteiger partial charge in [0.1, 0.15) is 11.5 Å². The third kappa shape index (κ3) is 5.42. The molecule has 8 nitrogen and oxygen atoms in total. The topological polar surface area (TPSA) is 97.9 Å². The second-order valence-electron chi connectivity index (χ2n) is 8.13. The van der Waals surface area contributed by atoms with Crippen LogP contribution in [0.3, 0.4) is 0 Å². The van der Waals surface area contributed by atoms with Crippen molar-refractivity contribution in [2.75, 3.05) is 10.6 Å². The standard InChI is InChI=1S/C26H20ClFN6O2/c1-16-3-2-4-18(11-16)24-32-25(36-33-24)23-14-34(15-29-23)13-17-5-7-19(8-6-17)30-26(35)31-20-9-10-22(28)21(27)12-20/h2-12,14-15H,13H2,1H3,(H2,30,31,35). The summed E-state index contributed by atoms with van der Waals surface area (Å²) in [6.07, 6.45) is 3.53. The van der Waals surface area contributed by atoms with Crippen molar-refractivity contribution in [1.82, 2.24) is 19.7 Å². The van der Waals surface area contributed by atoms with E-state index in [1.54, 1.807) is 18.5 Å². The molecule has 0 aliphatic carbocycles. The summed E-state index contributed by atoms with van der Waals surface area (Å²) in [6, 6.07) is 18.8. The largest absolute Gasteiger partial charge is 0.332 e. The normalized spacial score (nSPS) is 10.9. The van der Waals surface area contributed by atoms with Crippen LogP contribution >= 0.6 is 11.6 Å². The highest BCUT2D eigenvalue weighted by molar-refractivity contribution is 6.31. The van der Waals surface area contributed by atoms with Crippen molar-refractivity contribution in [1.29, 1.82) is 0 Å². The lowest BCUT2D eigenvalue weighted by Gasteiger charge is -2.09. The van der Waals surface area contributed by atoms with E-state index in [2.05, 4.69) is 25.8 Å². The van der Waals surface area contributed by atoms with Crippen molar-refractivity contribution >= 4 is 29.0 Å². The molecule has 0 spiro atoms. The number of anilines is 2. The van der Waals surface area contributed by atoms with E-state index in [0.717, 1.165) is 16.7 Å². The van der Waals surface area contributed by atoms with Crippen LogP contribution in [0, 0.1) is 12.7 Å². The number of rotatable bonds is 6. The zero-order valence-corrected chi connectivity index (χ0v) is 19.8. The van der Waals surface area contributed by atoms with Crippen molar-refractivity contribution in [2.24, 2.45) is 0 Å². The number of aromatic nitrogens is 4. The molecule has 2 N–H and O–H groups in total. The van der Waals surface area contributed by atoms with Crippen LogP contribution in [0.25, 0.3) is 23.0 Å². The predicted octanol–water partition coefficient (Wildman–Crippen LogP) is 6.39. The molecule has 0 unspecified atom stereocenters. The number of benzene rings is 3. The fraction of sp³-hybridized carbons (Fsp3) is 0.0769. The van der Waals surface area contributed by atoms with Gasteiger partial charge in [-0.3, -0.25) is 0 Å². The van der Waals surface area contributed by atoms with Crippen LogP contribution in [0.5, 0.6) is 0 Å². The number of hydrogen-bond acceptors (Lipinski definition) is 5. The van der Waals surface area contributed by atoms with Crippen molar-refractivity contribution in [3.05, 3.63) is 101 Å². The van der Waals surface area contributed by atoms with Gasteiger partial charge in [-0.05, 0) is 48.9 Å². The van der Waals surface area contributed by atoms with Crippen LogP contribution in [-0.4, -0.2) is 25.7 Å². The minimum atomic E-state index is -0.549. The molecule has 0 aliphatic heterocycles. The van der Waals surface area contributed by atoms with Crippen molar-refractivity contribution < 1.29 is 13.7 Å². The van der Waals surface area contributed by atoms with Gasteiger partial charge < -0.3 is 19.7 Å².